The maximum atomic E-state index is 6.54. The molecule has 1 nitrogen and oxygen atoms in total. The van der Waals surface area contributed by atoms with Crippen LogP contribution in [0.3, 0.4) is 0 Å². The molecule has 0 fully saturated rings. The van der Waals surface area contributed by atoms with Crippen molar-refractivity contribution in [1.29, 1.82) is 0 Å². The van der Waals surface area contributed by atoms with Gasteiger partial charge in [0.25, 0.3) is 0 Å². The Morgan fingerprint density at radius 2 is 1.71 bits per heavy atom. The maximum Gasteiger partial charge on any atom is -0.147 e. The summed E-state index contributed by atoms with van der Waals surface area (Å²) < 4.78 is 9.78. The monoisotopic (exact) mass is 385 g/mol. The summed E-state index contributed by atoms with van der Waals surface area (Å²) in [6.07, 6.45) is 21.1. The van der Waals surface area contributed by atoms with E-state index in [0.717, 1.165) is 25.4 Å². The maximum absolute atomic E-state index is 6.54. The molecule has 0 saturated heterocycles. The average Bonchev–Trinajstić information content (AvgIpc) is 3.16. The topological polar surface area (TPSA) is 9.23 Å². The predicted molar refractivity (Wildman–Crippen MR) is 90.2 cm³/mol. The van der Waals surface area contributed by atoms with Crippen LogP contribution in [-0.2, 0) is 25.0 Å². The standard InChI is InChI=1S/C8H17O.2C5H5.ClH.Zr/c1-3-5-6-8(4-2)7-9;2*1-2-4-5-3-1;;/h8H,3-7H2,1-2H3;2*1-3H,4H2;1H;/q-1;;;;+1. The van der Waals surface area contributed by atoms with Gasteiger partial charge in [-0.15, -0.1) is 12.4 Å². The number of unbranched alkanes of at least 4 members (excludes halogenated alkanes) is 1. The minimum Gasteiger partial charge on any atom is -0.147 e. The molecule has 0 spiro atoms. The molecule has 1 unspecified atom stereocenters. The zero-order valence-corrected chi connectivity index (χ0v) is 16.6. The molecule has 117 valence electrons. The molecule has 0 bridgehead atoms. The minimum absolute atomic E-state index is 0. The molecule has 21 heavy (non-hydrogen) atoms. The molecule has 0 aromatic heterocycles. The summed E-state index contributed by atoms with van der Waals surface area (Å²) in [6, 6.07) is 0. The summed E-state index contributed by atoms with van der Waals surface area (Å²) in [4.78, 5) is 0. The third kappa shape index (κ3) is 6.01. The van der Waals surface area contributed by atoms with E-state index >= 15 is 0 Å². The molecule has 2 aliphatic rings. The summed E-state index contributed by atoms with van der Waals surface area (Å²) in [5.74, 6) is 0.760. The van der Waals surface area contributed by atoms with E-state index in [1.807, 2.05) is 0 Å². The van der Waals surface area contributed by atoms with Crippen LogP contribution in [0.25, 0.3) is 0 Å². The van der Waals surface area contributed by atoms with Crippen molar-refractivity contribution in [2.45, 2.75) is 52.4 Å². The molecule has 0 aromatic rings. The van der Waals surface area contributed by atoms with E-state index in [1.54, 1.807) is 6.56 Å². The Labute approximate surface area is 144 Å². The molecular formula is C18H28ClOZr. The van der Waals surface area contributed by atoms with Gasteiger partial charge < -0.3 is 0 Å². The summed E-state index contributed by atoms with van der Waals surface area (Å²) >= 11 is -1.99. The van der Waals surface area contributed by atoms with Gasteiger partial charge in [0.1, 0.15) is 0 Å². The van der Waals surface area contributed by atoms with Gasteiger partial charge in [0.05, 0.1) is 0 Å². The van der Waals surface area contributed by atoms with Crippen LogP contribution in [0.15, 0.2) is 43.0 Å². The number of halogens is 1. The first kappa shape index (κ1) is 19.1. The van der Waals surface area contributed by atoms with Crippen molar-refractivity contribution >= 4 is 12.4 Å². The second kappa shape index (κ2) is 10.8. The summed E-state index contributed by atoms with van der Waals surface area (Å²) in [7, 11) is 0. The molecule has 3 heteroatoms. The smallest absolute Gasteiger partial charge is 0.147 e. The zero-order chi connectivity index (χ0) is 14.2. The van der Waals surface area contributed by atoms with E-state index in [0.29, 0.717) is 0 Å². The largest absolute Gasteiger partial charge is 0.147 e. The van der Waals surface area contributed by atoms with E-state index in [2.05, 4.69) is 50.3 Å². The van der Waals surface area contributed by atoms with Crippen LogP contribution in [0.5, 0.6) is 0 Å². The Hall–Kier alpha value is 0.0931. The first-order valence-corrected chi connectivity index (χ1v) is 11.5. The number of hydrogen-bond donors (Lipinski definition) is 0. The number of hydrogen-bond acceptors (Lipinski definition) is 1. The van der Waals surface area contributed by atoms with Gasteiger partial charge in [-0.25, -0.2) is 0 Å². The van der Waals surface area contributed by atoms with E-state index in [4.69, 9.17) is 2.81 Å². The van der Waals surface area contributed by atoms with Gasteiger partial charge >= 0.3 is 133 Å². The Morgan fingerprint density at radius 1 is 1.10 bits per heavy atom. The van der Waals surface area contributed by atoms with Gasteiger partial charge in [0.2, 0.25) is 0 Å². The average molecular weight is 387 g/mol. The molecule has 2 aliphatic carbocycles. The third-order valence-electron chi connectivity index (χ3n) is 4.13. The number of rotatable bonds is 9. The van der Waals surface area contributed by atoms with E-state index in [1.165, 1.54) is 25.7 Å². The molecule has 0 heterocycles. The van der Waals surface area contributed by atoms with Gasteiger partial charge in [-0.05, 0) is 0 Å². The van der Waals surface area contributed by atoms with Gasteiger partial charge in [0, 0.05) is 0 Å². The van der Waals surface area contributed by atoms with Crippen LogP contribution in [0.4, 0.5) is 0 Å². The predicted octanol–water partition coefficient (Wildman–Crippen LogP) is 5.86. The molecular weight excluding hydrogens is 359 g/mol. The van der Waals surface area contributed by atoms with Gasteiger partial charge in [-0.3, -0.25) is 0 Å². The van der Waals surface area contributed by atoms with Crippen LogP contribution < -0.4 is 0 Å². The second-order valence-corrected chi connectivity index (χ2v) is 11.2. The van der Waals surface area contributed by atoms with Crippen LogP contribution in [0.1, 0.15) is 52.4 Å². The van der Waals surface area contributed by atoms with Crippen molar-refractivity contribution in [3.8, 4) is 0 Å². The second-order valence-electron chi connectivity index (χ2n) is 5.70. The van der Waals surface area contributed by atoms with Gasteiger partial charge in [-0.2, -0.15) is 0 Å². The van der Waals surface area contributed by atoms with Crippen molar-refractivity contribution in [1.82, 2.24) is 0 Å². The van der Waals surface area contributed by atoms with E-state index < -0.39 is 22.2 Å². The molecule has 1 atom stereocenters. The van der Waals surface area contributed by atoms with Gasteiger partial charge in [-0.1, -0.05) is 0 Å². The quantitative estimate of drug-likeness (QED) is 0.482. The van der Waals surface area contributed by atoms with Gasteiger partial charge in [0.15, 0.2) is 0 Å². The number of allylic oxidation sites excluding steroid dienone is 8. The van der Waals surface area contributed by atoms with E-state index in [-0.39, 0.29) is 12.4 Å². The fourth-order valence-electron chi connectivity index (χ4n) is 2.72. The Morgan fingerprint density at radius 3 is 2.14 bits per heavy atom. The van der Waals surface area contributed by atoms with Crippen LogP contribution in [0.2, 0.25) is 0 Å². The van der Waals surface area contributed by atoms with Crippen molar-refractivity contribution < 1.29 is 25.0 Å². The molecule has 2 rings (SSSR count). The van der Waals surface area contributed by atoms with Crippen molar-refractivity contribution in [3.63, 3.8) is 0 Å². The fourth-order valence-corrected chi connectivity index (χ4v) is 8.34. The van der Waals surface area contributed by atoms with Crippen molar-refractivity contribution in [2.75, 3.05) is 6.61 Å². The Bertz CT molecular complexity index is 393. The van der Waals surface area contributed by atoms with Crippen molar-refractivity contribution in [2.24, 2.45) is 5.92 Å². The van der Waals surface area contributed by atoms with E-state index in [9.17, 15) is 0 Å². The SMILES string of the molecule is CCCCC(CC)C[O][Zr]([C]1=CC=CC1)[C]1=CC=CC1.Cl. The Balaban J connectivity index is 0.00000220. The first-order chi connectivity index (χ1) is 9.85. The fraction of sp³-hybridized carbons (Fsp3) is 0.556. The van der Waals surface area contributed by atoms with Crippen LogP contribution in [0, 0.1) is 5.92 Å². The first-order valence-electron chi connectivity index (χ1n) is 8.07. The molecule has 0 aliphatic heterocycles. The van der Waals surface area contributed by atoms with Crippen molar-refractivity contribution in [3.05, 3.63) is 43.0 Å². The molecule has 0 aromatic carbocycles. The molecule has 0 radical (unpaired) electrons. The summed E-state index contributed by atoms with van der Waals surface area (Å²) in [5, 5.41) is 0. The molecule has 0 amide bonds. The molecule has 0 saturated carbocycles. The van der Waals surface area contributed by atoms with Crippen LogP contribution in [-0.4, -0.2) is 6.61 Å². The van der Waals surface area contributed by atoms with Crippen LogP contribution >= 0.6 is 12.4 Å². The summed E-state index contributed by atoms with van der Waals surface area (Å²) in [5.41, 5.74) is 0. The normalized spacial score (nSPS) is 17.4. The molecule has 0 N–H and O–H groups in total. The Kier molecular flexibility index (Phi) is 9.81. The zero-order valence-electron chi connectivity index (χ0n) is 13.3. The summed E-state index contributed by atoms with van der Waals surface area (Å²) in [6.45, 7) is 5.57. The third-order valence-corrected chi connectivity index (χ3v) is 9.94. The minimum atomic E-state index is -1.99.